The van der Waals surface area contributed by atoms with Crippen molar-refractivity contribution in [3.63, 3.8) is 0 Å². The van der Waals surface area contributed by atoms with Crippen LogP contribution in [0.4, 0.5) is 4.39 Å². The fourth-order valence-electron chi connectivity index (χ4n) is 2.35. The Hall–Kier alpha value is -2.59. The molecule has 3 nitrogen and oxygen atoms in total. The van der Waals surface area contributed by atoms with Gasteiger partial charge in [-0.25, -0.2) is 4.39 Å². The summed E-state index contributed by atoms with van der Waals surface area (Å²) in [5, 5.41) is 8.54. The summed E-state index contributed by atoms with van der Waals surface area (Å²) in [7, 11) is 1.69. The third-order valence-corrected chi connectivity index (χ3v) is 3.81. The summed E-state index contributed by atoms with van der Waals surface area (Å²) in [6.07, 6.45) is 0.0291. The molecule has 0 spiro atoms. The quantitative estimate of drug-likeness (QED) is 0.703. The number of benzene rings is 2. The number of methoxy groups -OCH3 is 1. The zero-order chi connectivity index (χ0) is 16.2. The molecule has 1 aromatic heterocycles. The lowest BCUT2D eigenvalue weighted by atomic mass is 10.0. The number of rotatable bonds is 4. The molecule has 0 aliphatic carbocycles. The van der Waals surface area contributed by atoms with Crippen molar-refractivity contribution in [3.8, 4) is 22.5 Å². The van der Waals surface area contributed by atoms with Crippen molar-refractivity contribution in [3.05, 3.63) is 72.0 Å². The Bertz CT molecular complexity index is 785. The van der Waals surface area contributed by atoms with Crippen molar-refractivity contribution in [2.75, 3.05) is 7.11 Å². The second-order valence-electron chi connectivity index (χ2n) is 5.31. The Morgan fingerprint density at radius 1 is 0.870 bits per heavy atom. The zero-order valence-electron chi connectivity index (χ0n) is 13.0. The third-order valence-electron chi connectivity index (χ3n) is 3.81. The van der Waals surface area contributed by atoms with Crippen LogP contribution in [0.25, 0.3) is 22.5 Å². The lowest BCUT2D eigenvalue weighted by Crippen LogP contribution is -1.96. The van der Waals surface area contributed by atoms with Gasteiger partial charge in [0, 0.05) is 18.2 Å². The Morgan fingerprint density at radius 3 is 2.13 bits per heavy atom. The van der Waals surface area contributed by atoms with Crippen LogP contribution in [0, 0.1) is 5.82 Å². The average Bonchev–Trinajstić information content (AvgIpc) is 2.62. The minimum Gasteiger partial charge on any atom is -0.377 e. The van der Waals surface area contributed by atoms with Gasteiger partial charge in [0.05, 0.1) is 17.5 Å². The van der Waals surface area contributed by atoms with Crippen LogP contribution in [0.1, 0.15) is 18.6 Å². The Morgan fingerprint density at radius 2 is 1.52 bits per heavy atom. The van der Waals surface area contributed by atoms with Crippen LogP contribution in [0.3, 0.4) is 0 Å². The molecular formula is C19H17FN2O. The lowest BCUT2D eigenvalue weighted by Gasteiger charge is -2.11. The molecule has 1 atom stereocenters. The molecule has 1 heterocycles. The van der Waals surface area contributed by atoms with Gasteiger partial charge in [-0.3, -0.25) is 0 Å². The van der Waals surface area contributed by atoms with E-state index < -0.39 is 0 Å². The highest BCUT2D eigenvalue weighted by molar-refractivity contribution is 5.64. The molecule has 0 saturated heterocycles. The van der Waals surface area contributed by atoms with Crippen LogP contribution in [-0.4, -0.2) is 17.3 Å². The molecule has 0 aliphatic heterocycles. The highest BCUT2D eigenvalue weighted by Gasteiger charge is 2.07. The van der Waals surface area contributed by atoms with E-state index in [1.54, 1.807) is 19.2 Å². The molecule has 0 aliphatic rings. The maximum Gasteiger partial charge on any atom is 0.123 e. The molecule has 3 rings (SSSR count). The van der Waals surface area contributed by atoms with Crippen LogP contribution in [-0.2, 0) is 4.74 Å². The van der Waals surface area contributed by atoms with Crippen molar-refractivity contribution < 1.29 is 9.13 Å². The molecule has 116 valence electrons. The summed E-state index contributed by atoms with van der Waals surface area (Å²) in [5.74, 6) is -0.262. The molecule has 0 unspecified atom stereocenters. The highest BCUT2D eigenvalue weighted by Crippen LogP contribution is 2.24. The minimum absolute atomic E-state index is 0.0291. The van der Waals surface area contributed by atoms with E-state index in [1.807, 2.05) is 37.3 Å². The number of hydrogen-bond acceptors (Lipinski definition) is 3. The Labute approximate surface area is 134 Å². The second kappa shape index (κ2) is 6.67. The molecule has 0 amide bonds. The Kier molecular flexibility index (Phi) is 4.44. The summed E-state index contributed by atoms with van der Waals surface area (Å²) in [5.41, 5.74) is 4.43. The van der Waals surface area contributed by atoms with E-state index in [9.17, 15) is 4.39 Å². The summed E-state index contributed by atoms with van der Waals surface area (Å²) >= 11 is 0. The van der Waals surface area contributed by atoms with Crippen LogP contribution in [0.2, 0.25) is 0 Å². The van der Waals surface area contributed by atoms with Gasteiger partial charge in [0.15, 0.2) is 0 Å². The van der Waals surface area contributed by atoms with Crippen LogP contribution < -0.4 is 0 Å². The van der Waals surface area contributed by atoms with Crippen molar-refractivity contribution in [1.82, 2.24) is 10.2 Å². The standard InChI is InChI=1S/C19H17FN2O/c1-13(23-2)15-4-3-5-16(12-15)19-11-10-18(21-22-19)14-6-8-17(20)9-7-14/h3-13H,1-2H3/t13-/m0/s1. The molecule has 0 radical (unpaired) electrons. The summed E-state index contributed by atoms with van der Waals surface area (Å²) in [6, 6.07) is 18.1. The first-order valence-corrected chi connectivity index (χ1v) is 7.40. The number of ether oxygens (including phenoxy) is 1. The van der Waals surface area contributed by atoms with Crippen molar-refractivity contribution >= 4 is 0 Å². The number of aromatic nitrogens is 2. The molecule has 23 heavy (non-hydrogen) atoms. The molecule has 3 aromatic rings. The summed E-state index contributed by atoms with van der Waals surface area (Å²) in [4.78, 5) is 0. The third kappa shape index (κ3) is 3.43. The fraction of sp³-hybridized carbons (Fsp3) is 0.158. The van der Waals surface area contributed by atoms with E-state index in [2.05, 4.69) is 16.3 Å². The number of halogens is 1. The van der Waals surface area contributed by atoms with Crippen LogP contribution in [0.5, 0.6) is 0 Å². The molecule has 0 bridgehead atoms. The van der Waals surface area contributed by atoms with E-state index in [1.165, 1.54) is 12.1 Å². The van der Waals surface area contributed by atoms with Gasteiger partial charge < -0.3 is 4.74 Å². The van der Waals surface area contributed by atoms with E-state index >= 15 is 0 Å². The molecule has 0 fully saturated rings. The molecule has 0 saturated carbocycles. The van der Waals surface area contributed by atoms with Gasteiger partial charge in [-0.2, -0.15) is 0 Å². The van der Waals surface area contributed by atoms with E-state index in [-0.39, 0.29) is 11.9 Å². The van der Waals surface area contributed by atoms with Gasteiger partial charge in [0.25, 0.3) is 0 Å². The van der Waals surface area contributed by atoms with Gasteiger partial charge in [0.1, 0.15) is 5.82 Å². The van der Waals surface area contributed by atoms with Crippen molar-refractivity contribution in [2.24, 2.45) is 0 Å². The maximum absolute atomic E-state index is 13.0. The van der Waals surface area contributed by atoms with Gasteiger partial charge in [0.2, 0.25) is 0 Å². The lowest BCUT2D eigenvalue weighted by molar-refractivity contribution is 0.119. The predicted molar refractivity (Wildman–Crippen MR) is 88.3 cm³/mol. The fourth-order valence-corrected chi connectivity index (χ4v) is 2.35. The molecule has 2 aromatic carbocycles. The first-order chi connectivity index (χ1) is 11.2. The monoisotopic (exact) mass is 308 g/mol. The van der Waals surface area contributed by atoms with Gasteiger partial charge >= 0.3 is 0 Å². The van der Waals surface area contributed by atoms with Crippen LogP contribution >= 0.6 is 0 Å². The molecule has 0 N–H and O–H groups in total. The highest BCUT2D eigenvalue weighted by atomic mass is 19.1. The zero-order valence-corrected chi connectivity index (χ0v) is 13.0. The molecular weight excluding hydrogens is 291 g/mol. The first kappa shape index (κ1) is 15.3. The largest absolute Gasteiger partial charge is 0.377 e. The van der Waals surface area contributed by atoms with Crippen molar-refractivity contribution in [1.29, 1.82) is 0 Å². The van der Waals surface area contributed by atoms with E-state index in [4.69, 9.17) is 4.74 Å². The van der Waals surface area contributed by atoms with E-state index in [0.29, 0.717) is 0 Å². The summed E-state index contributed by atoms with van der Waals surface area (Å²) in [6.45, 7) is 2.00. The topological polar surface area (TPSA) is 35.0 Å². The number of hydrogen-bond donors (Lipinski definition) is 0. The second-order valence-corrected chi connectivity index (χ2v) is 5.31. The van der Waals surface area contributed by atoms with Crippen molar-refractivity contribution in [2.45, 2.75) is 13.0 Å². The average molecular weight is 308 g/mol. The predicted octanol–water partition coefficient (Wildman–Crippen LogP) is 4.66. The van der Waals surface area contributed by atoms with Gasteiger partial charge in [-0.05, 0) is 55.0 Å². The van der Waals surface area contributed by atoms with E-state index in [0.717, 1.165) is 28.1 Å². The number of nitrogens with zero attached hydrogens (tertiary/aromatic N) is 2. The Balaban J connectivity index is 1.89. The maximum atomic E-state index is 13.0. The van der Waals surface area contributed by atoms with Gasteiger partial charge in [-0.15, -0.1) is 10.2 Å². The van der Waals surface area contributed by atoms with Crippen LogP contribution in [0.15, 0.2) is 60.7 Å². The smallest absolute Gasteiger partial charge is 0.123 e. The van der Waals surface area contributed by atoms with Gasteiger partial charge in [-0.1, -0.05) is 18.2 Å². The summed E-state index contributed by atoms with van der Waals surface area (Å²) < 4.78 is 18.3. The minimum atomic E-state index is -0.262. The normalized spacial score (nSPS) is 12.1. The SMILES string of the molecule is CO[C@@H](C)c1cccc(-c2ccc(-c3ccc(F)cc3)nn2)c1. The molecule has 4 heteroatoms. The first-order valence-electron chi connectivity index (χ1n) is 7.40.